The van der Waals surface area contributed by atoms with E-state index < -0.39 is 0 Å². The number of anilines is 1. The van der Waals surface area contributed by atoms with Crippen molar-refractivity contribution in [2.75, 3.05) is 25.6 Å². The Morgan fingerprint density at radius 2 is 1.92 bits per heavy atom. The van der Waals surface area contributed by atoms with Crippen molar-refractivity contribution in [2.24, 2.45) is 10.7 Å². The molecule has 3 N–H and O–H groups in total. The molecule has 5 heteroatoms. The maximum absolute atomic E-state index is 5.92. The van der Waals surface area contributed by atoms with E-state index in [1.165, 1.54) is 5.56 Å². The zero-order chi connectivity index (χ0) is 17.2. The molecule has 0 unspecified atom stereocenters. The number of benzene rings is 2. The van der Waals surface area contributed by atoms with Crippen LogP contribution in [-0.2, 0) is 6.42 Å². The van der Waals surface area contributed by atoms with Gasteiger partial charge in [0.25, 0.3) is 0 Å². The van der Waals surface area contributed by atoms with Crippen LogP contribution in [0.1, 0.15) is 18.9 Å². The van der Waals surface area contributed by atoms with E-state index in [4.69, 9.17) is 15.2 Å². The molecule has 0 radical (unpaired) electrons. The van der Waals surface area contributed by atoms with Gasteiger partial charge in [-0.3, -0.25) is 4.99 Å². The van der Waals surface area contributed by atoms with Gasteiger partial charge in [-0.15, -0.1) is 0 Å². The fourth-order valence-electron chi connectivity index (χ4n) is 2.18. The molecule has 0 aliphatic heterocycles. The van der Waals surface area contributed by atoms with Gasteiger partial charge in [-0.05, 0) is 54.8 Å². The third-order valence-corrected chi connectivity index (χ3v) is 3.42. The number of rotatable bonds is 8. The standard InChI is InChI=1S/C19H25N3O2/c1-3-13-24-18-6-4-5-15(14-18)11-12-21-19(20)22-16-7-9-17(23-2)10-8-16/h4-10,14H,3,11-13H2,1-2H3,(H3,20,21,22). The molecule has 0 bridgehead atoms. The van der Waals surface area contributed by atoms with Crippen LogP contribution in [0.15, 0.2) is 53.5 Å². The summed E-state index contributed by atoms with van der Waals surface area (Å²) >= 11 is 0. The molecule has 0 atom stereocenters. The summed E-state index contributed by atoms with van der Waals surface area (Å²) in [7, 11) is 1.64. The highest BCUT2D eigenvalue weighted by Crippen LogP contribution is 2.15. The molecule has 0 saturated heterocycles. The number of nitrogens with two attached hydrogens (primary N) is 1. The van der Waals surface area contributed by atoms with Crippen LogP contribution in [0.4, 0.5) is 5.69 Å². The number of hydrogen-bond donors (Lipinski definition) is 2. The summed E-state index contributed by atoms with van der Waals surface area (Å²) in [6.45, 7) is 3.45. The van der Waals surface area contributed by atoms with E-state index in [0.717, 1.165) is 36.6 Å². The predicted molar refractivity (Wildman–Crippen MR) is 99.0 cm³/mol. The molecule has 0 fully saturated rings. The maximum atomic E-state index is 5.92. The van der Waals surface area contributed by atoms with E-state index in [2.05, 4.69) is 29.4 Å². The SMILES string of the molecule is CCCOc1cccc(CCN=C(N)Nc2ccc(OC)cc2)c1. The summed E-state index contributed by atoms with van der Waals surface area (Å²) in [5.41, 5.74) is 7.99. The van der Waals surface area contributed by atoms with Crippen molar-refractivity contribution in [2.45, 2.75) is 19.8 Å². The van der Waals surface area contributed by atoms with Crippen LogP contribution in [0.25, 0.3) is 0 Å². The number of ether oxygens (including phenoxy) is 2. The van der Waals surface area contributed by atoms with Gasteiger partial charge in [0.2, 0.25) is 0 Å². The fraction of sp³-hybridized carbons (Fsp3) is 0.316. The number of nitrogens with zero attached hydrogens (tertiary/aromatic N) is 1. The number of nitrogens with one attached hydrogen (secondary N) is 1. The Balaban J connectivity index is 1.83. The topological polar surface area (TPSA) is 68.9 Å². The Labute approximate surface area is 143 Å². The fourth-order valence-corrected chi connectivity index (χ4v) is 2.18. The van der Waals surface area contributed by atoms with Crippen LogP contribution in [0, 0.1) is 0 Å². The number of methoxy groups -OCH3 is 1. The Morgan fingerprint density at radius 3 is 2.62 bits per heavy atom. The average molecular weight is 327 g/mol. The molecular formula is C19H25N3O2. The van der Waals surface area contributed by atoms with Gasteiger partial charge in [0.05, 0.1) is 13.7 Å². The van der Waals surface area contributed by atoms with Crippen LogP contribution >= 0.6 is 0 Å². The molecule has 2 aromatic carbocycles. The monoisotopic (exact) mass is 327 g/mol. The normalized spacial score (nSPS) is 11.2. The largest absolute Gasteiger partial charge is 0.497 e. The second-order valence-electron chi connectivity index (χ2n) is 5.37. The summed E-state index contributed by atoms with van der Waals surface area (Å²) in [5, 5.41) is 3.07. The lowest BCUT2D eigenvalue weighted by Crippen LogP contribution is -2.23. The minimum atomic E-state index is 0.401. The third-order valence-electron chi connectivity index (χ3n) is 3.42. The molecule has 5 nitrogen and oxygen atoms in total. The van der Waals surface area contributed by atoms with Crippen molar-refractivity contribution in [3.63, 3.8) is 0 Å². The van der Waals surface area contributed by atoms with E-state index in [1.54, 1.807) is 7.11 Å². The average Bonchev–Trinajstić information content (AvgIpc) is 2.61. The predicted octanol–water partition coefficient (Wildman–Crippen LogP) is 3.45. The van der Waals surface area contributed by atoms with Gasteiger partial charge in [0, 0.05) is 12.2 Å². The molecule has 0 aliphatic rings. The van der Waals surface area contributed by atoms with Crippen molar-refractivity contribution in [1.82, 2.24) is 0 Å². The van der Waals surface area contributed by atoms with Gasteiger partial charge in [0.1, 0.15) is 11.5 Å². The molecular weight excluding hydrogens is 302 g/mol. The van der Waals surface area contributed by atoms with Crippen molar-refractivity contribution < 1.29 is 9.47 Å². The Kier molecular flexibility index (Phi) is 6.95. The smallest absolute Gasteiger partial charge is 0.193 e. The van der Waals surface area contributed by atoms with Gasteiger partial charge in [-0.25, -0.2) is 0 Å². The number of guanidine groups is 1. The minimum absolute atomic E-state index is 0.401. The zero-order valence-corrected chi connectivity index (χ0v) is 14.3. The van der Waals surface area contributed by atoms with E-state index in [9.17, 15) is 0 Å². The second kappa shape index (κ2) is 9.45. The van der Waals surface area contributed by atoms with Crippen LogP contribution in [0.3, 0.4) is 0 Å². The summed E-state index contributed by atoms with van der Waals surface area (Å²) < 4.78 is 10.8. The lowest BCUT2D eigenvalue weighted by atomic mass is 10.1. The van der Waals surface area contributed by atoms with Gasteiger partial charge in [-0.2, -0.15) is 0 Å². The summed E-state index contributed by atoms with van der Waals surface area (Å²) in [4.78, 5) is 4.36. The first-order valence-corrected chi connectivity index (χ1v) is 8.14. The van der Waals surface area contributed by atoms with Crippen LogP contribution in [0.5, 0.6) is 11.5 Å². The van der Waals surface area contributed by atoms with Crippen molar-refractivity contribution in [1.29, 1.82) is 0 Å². The zero-order valence-electron chi connectivity index (χ0n) is 14.3. The molecule has 24 heavy (non-hydrogen) atoms. The van der Waals surface area contributed by atoms with Crippen molar-refractivity contribution in [3.8, 4) is 11.5 Å². The summed E-state index contributed by atoms with van der Waals surface area (Å²) in [6.07, 6.45) is 1.82. The van der Waals surface area contributed by atoms with Gasteiger partial charge in [0.15, 0.2) is 5.96 Å². The van der Waals surface area contributed by atoms with E-state index in [1.807, 2.05) is 36.4 Å². The van der Waals surface area contributed by atoms with Crippen LogP contribution in [-0.4, -0.2) is 26.2 Å². The second-order valence-corrected chi connectivity index (χ2v) is 5.37. The molecule has 0 aromatic heterocycles. The maximum Gasteiger partial charge on any atom is 0.193 e. The third kappa shape index (κ3) is 5.83. The van der Waals surface area contributed by atoms with E-state index in [0.29, 0.717) is 12.5 Å². The Bertz CT molecular complexity index is 654. The summed E-state index contributed by atoms with van der Waals surface area (Å²) in [5.74, 6) is 2.11. The Morgan fingerprint density at radius 1 is 1.12 bits per heavy atom. The number of hydrogen-bond acceptors (Lipinski definition) is 3. The van der Waals surface area contributed by atoms with Crippen LogP contribution in [0.2, 0.25) is 0 Å². The molecule has 2 aromatic rings. The quantitative estimate of drug-likeness (QED) is 0.575. The molecule has 0 aliphatic carbocycles. The highest BCUT2D eigenvalue weighted by molar-refractivity contribution is 5.92. The first-order valence-electron chi connectivity index (χ1n) is 8.14. The molecule has 128 valence electrons. The molecule has 0 saturated carbocycles. The minimum Gasteiger partial charge on any atom is -0.497 e. The molecule has 0 amide bonds. The first-order chi connectivity index (χ1) is 11.7. The van der Waals surface area contributed by atoms with E-state index >= 15 is 0 Å². The molecule has 2 rings (SSSR count). The van der Waals surface area contributed by atoms with Crippen molar-refractivity contribution >= 4 is 11.6 Å². The number of aliphatic imine (C=N–C) groups is 1. The van der Waals surface area contributed by atoms with Gasteiger partial charge < -0.3 is 20.5 Å². The highest BCUT2D eigenvalue weighted by Gasteiger charge is 1.99. The molecule has 0 heterocycles. The highest BCUT2D eigenvalue weighted by atomic mass is 16.5. The lowest BCUT2D eigenvalue weighted by molar-refractivity contribution is 0.317. The van der Waals surface area contributed by atoms with E-state index in [-0.39, 0.29) is 0 Å². The van der Waals surface area contributed by atoms with Gasteiger partial charge in [-0.1, -0.05) is 19.1 Å². The molecule has 0 spiro atoms. The Hall–Kier alpha value is -2.69. The van der Waals surface area contributed by atoms with Crippen LogP contribution < -0.4 is 20.5 Å². The van der Waals surface area contributed by atoms with Gasteiger partial charge >= 0.3 is 0 Å². The lowest BCUT2D eigenvalue weighted by Gasteiger charge is -2.08. The van der Waals surface area contributed by atoms with Crippen molar-refractivity contribution in [3.05, 3.63) is 54.1 Å². The summed E-state index contributed by atoms with van der Waals surface area (Å²) in [6, 6.07) is 15.6. The first kappa shape index (κ1) is 17.7.